The second-order valence-corrected chi connectivity index (χ2v) is 5.37. The molecule has 0 heterocycles. The van der Waals surface area contributed by atoms with E-state index >= 15 is 0 Å². The molecule has 2 rings (SSSR count). The van der Waals surface area contributed by atoms with E-state index in [1.807, 2.05) is 25.1 Å². The second-order valence-electron chi connectivity index (χ2n) is 5.37. The van der Waals surface area contributed by atoms with Gasteiger partial charge in [-0.25, -0.2) is 4.39 Å². The van der Waals surface area contributed by atoms with Crippen LogP contribution in [0.3, 0.4) is 0 Å². The smallest absolute Gasteiger partial charge is 0.131 e. The maximum Gasteiger partial charge on any atom is 0.131 e. The summed E-state index contributed by atoms with van der Waals surface area (Å²) in [5.74, 6) is 0.307. The number of hydrogen-bond donors (Lipinski definition) is 1. The highest BCUT2D eigenvalue weighted by Crippen LogP contribution is 2.22. The van der Waals surface area contributed by atoms with E-state index in [0.29, 0.717) is 11.3 Å². The molecule has 2 nitrogen and oxygen atoms in total. The Morgan fingerprint density at radius 3 is 2.43 bits per heavy atom. The Hall–Kier alpha value is -1.87. The quantitative estimate of drug-likeness (QED) is 0.863. The fourth-order valence-electron chi connectivity index (χ4n) is 2.53. The third-order valence-electron chi connectivity index (χ3n) is 3.59. The number of methoxy groups -OCH3 is 1. The SMILES string of the molecule is COc1ccc(C(C)NC(C)Cc2ccccc2)c(F)c1. The second kappa shape index (κ2) is 7.23. The van der Waals surface area contributed by atoms with Crippen LogP contribution in [0, 0.1) is 5.82 Å². The summed E-state index contributed by atoms with van der Waals surface area (Å²) in [5.41, 5.74) is 1.94. The molecule has 0 saturated carbocycles. The van der Waals surface area contributed by atoms with E-state index in [2.05, 4.69) is 24.4 Å². The Balaban J connectivity index is 1.99. The van der Waals surface area contributed by atoms with Gasteiger partial charge in [0, 0.05) is 23.7 Å². The average molecular weight is 287 g/mol. The minimum Gasteiger partial charge on any atom is -0.497 e. The monoisotopic (exact) mass is 287 g/mol. The maximum absolute atomic E-state index is 14.0. The zero-order valence-corrected chi connectivity index (χ0v) is 12.8. The predicted octanol–water partition coefficient (Wildman–Crippen LogP) is 4.12. The molecule has 112 valence electrons. The molecule has 2 aromatic carbocycles. The van der Waals surface area contributed by atoms with Gasteiger partial charge in [-0.2, -0.15) is 0 Å². The van der Waals surface area contributed by atoms with Crippen LogP contribution < -0.4 is 10.1 Å². The highest BCUT2D eigenvalue weighted by molar-refractivity contribution is 5.30. The lowest BCUT2D eigenvalue weighted by molar-refractivity contribution is 0.408. The molecule has 0 aliphatic heterocycles. The highest BCUT2D eigenvalue weighted by atomic mass is 19.1. The summed E-state index contributed by atoms with van der Waals surface area (Å²) in [6.07, 6.45) is 0.920. The molecular formula is C18H22FNO. The minimum absolute atomic E-state index is 0.0466. The summed E-state index contributed by atoms with van der Waals surface area (Å²) in [4.78, 5) is 0. The first-order chi connectivity index (χ1) is 10.1. The molecule has 3 heteroatoms. The number of ether oxygens (including phenoxy) is 1. The van der Waals surface area contributed by atoms with Crippen molar-refractivity contribution in [2.24, 2.45) is 0 Å². The average Bonchev–Trinajstić information content (AvgIpc) is 2.47. The van der Waals surface area contributed by atoms with Crippen LogP contribution in [0.15, 0.2) is 48.5 Å². The van der Waals surface area contributed by atoms with Crippen molar-refractivity contribution in [3.8, 4) is 5.75 Å². The Bertz CT molecular complexity index is 571. The summed E-state index contributed by atoms with van der Waals surface area (Å²) >= 11 is 0. The van der Waals surface area contributed by atoms with Crippen molar-refractivity contribution in [2.75, 3.05) is 7.11 Å². The molecular weight excluding hydrogens is 265 g/mol. The number of hydrogen-bond acceptors (Lipinski definition) is 2. The predicted molar refractivity (Wildman–Crippen MR) is 84.1 cm³/mol. The lowest BCUT2D eigenvalue weighted by Crippen LogP contribution is -2.31. The number of benzene rings is 2. The maximum atomic E-state index is 14.0. The molecule has 0 saturated heterocycles. The van der Waals surface area contributed by atoms with Gasteiger partial charge < -0.3 is 10.1 Å². The van der Waals surface area contributed by atoms with Gasteiger partial charge >= 0.3 is 0 Å². The number of rotatable bonds is 6. The van der Waals surface area contributed by atoms with Crippen molar-refractivity contribution in [3.63, 3.8) is 0 Å². The van der Waals surface area contributed by atoms with E-state index in [-0.39, 0.29) is 17.9 Å². The van der Waals surface area contributed by atoms with Crippen LogP contribution in [-0.4, -0.2) is 13.2 Å². The first-order valence-corrected chi connectivity index (χ1v) is 7.23. The molecule has 0 radical (unpaired) electrons. The first-order valence-electron chi connectivity index (χ1n) is 7.23. The standard InChI is InChI=1S/C18H22FNO/c1-13(11-15-7-5-4-6-8-15)20-14(2)17-10-9-16(21-3)12-18(17)19/h4-10,12-14,20H,11H2,1-3H3. The van der Waals surface area contributed by atoms with Gasteiger partial charge in [-0.15, -0.1) is 0 Å². The minimum atomic E-state index is -0.235. The van der Waals surface area contributed by atoms with Gasteiger partial charge in [0.2, 0.25) is 0 Å². The van der Waals surface area contributed by atoms with Crippen molar-refractivity contribution in [1.82, 2.24) is 5.32 Å². The molecule has 2 unspecified atom stereocenters. The first kappa shape index (κ1) is 15.5. The van der Waals surface area contributed by atoms with Crippen molar-refractivity contribution in [2.45, 2.75) is 32.4 Å². The van der Waals surface area contributed by atoms with Crippen LogP contribution >= 0.6 is 0 Å². The Morgan fingerprint density at radius 1 is 1.10 bits per heavy atom. The van der Waals surface area contributed by atoms with Gasteiger partial charge in [0.1, 0.15) is 11.6 Å². The van der Waals surface area contributed by atoms with Crippen molar-refractivity contribution in [3.05, 3.63) is 65.5 Å². The lowest BCUT2D eigenvalue weighted by Gasteiger charge is -2.21. The van der Waals surface area contributed by atoms with Gasteiger partial charge in [-0.1, -0.05) is 36.4 Å². The molecule has 0 aliphatic carbocycles. The van der Waals surface area contributed by atoms with Crippen molar-refractivity contribution < 1.29 is 9.13 Å². The molecule has 2 atom stereocenters. The fraction of sp³-hybridized carbons (Fsp3) is 0.333. The Morgan fingerprint density at radius 2 is 1.81 bits per heavy atom. The van der Waals surface area contributed by atoms with Crippen LogP contribution in [0.25, 0.3) is 0 Å². The summed E-state index contributed by atoms with van der Waals surface area (Å²) in [7, 11) is 1.54. The molecule has 0 aliphatic rings. The van der Waals surface area contributed by atoms with Gasteiger partial charge in [-0.05, 0) is 31.9 Å². The Labute approximate surface area is 126 Å². The molecule has 2 aromatic rings. The molecule has 21 heavy (non-hydrogen) atoms. The van der Waals surface area contributed by atoms with Crippen LogP contribution in [0.2, 0.25) is 0 Å². The van der Waals surface area contributed by atoms with E-state index in [0.717, 1.165) is 6.42 Å². The number of halogens is 1. The third-order valence-corrected chi connectivity index (χ3v) is 3.59. The van der Waals surface area contributed by atoms with Crippen molar-refractivity contribution >= 4 is 0 Å². The van der Waals surface area contributed by atoms with Crippen LogP contribution in [0.5, 0.6) is 5.75 Å². The summed E-state index contributed by atoms with van der Waals surface area (Å²) in [6, 6.07) is 15.5. The van der Waals surface area contributed by atoms with Gasteiger partial charge in [0.15, 0.2) is 0 Å². The van der Waals surface area contributed by atoms with Crippen LogP contribution in [0.4, 0.5) is 4.39 Å². The normalized spacial score (nSPS) is 13.7. The zero-order chi connectivity index (χ0) is 15.2. The van der Waals surface area contributed by atoms with Crippen LogP contribution in [-0.2, 0) is 6.42 Å². The van der Waals surface area contributed by atoms with Crippen molar-refractivity contribution in [1.29, 1.82) is 0 Å². The fourth-order valence-corrected chi connectivity index (χ4v) is 2.53. The number of nitrogens with one attached hydrogen (secondary N) is 1. The Kier molecular flexibility index (Phi) is 5.34. The van der Waals surface area contributed by atoms with Crippen LogP contribution in [0.1, 0.15) is 31.0 Å². The molecule has 0 fully saturated rings. The molecule has 0 aromatic heterocycles. The van der Waals surface area contributed by atoms with E-state index in [9.17, 15) is 4.39 Å². The van der Waals surface area contributed by atoms with Gasteiger partial charge in [-0.3, -0.25) is 0 Å². The molecule has 0 spiro atoms. The summed E-state index contributed by atoms with van der Waals surface area (Å²) in [6.45, 7) is 4.09. The van der Waals surface area contributed by atoms with E-state index in [1.165, 1.54) is 18.7 Å². The van der Waals surface area contributed by atoms with Gasteiger partial charge in [0.05, 0.1) is 7.11 Å². The summed E-state index contributed by atoms with van der Waals surface area (Å²) in [5, 5.41) is 3.44. The zero-order valence-electron chi connectivity index (χ0n) is 12.8. The van der Waals surface area contributed by atoms with E-state index in [1.54, 1.807) is 12.1 Å². The van der Waals surface area contributed by atoms with E-state index in [4.69, 9.17) is 4.74 Å². The molecule has 0 bridgehead atoms. The van der Waals surface area contributed by atoms with E-state index < -0.39 is 0 Å². The van der Waals surface area contributed by atoms with Gasteiger partial charge in [0.25, 0.3) is 0 Å². The molecule has 1 N–H and O–H groups in total. The molecule has 0 amide bonds. The topological polar surface area (TPSA) is 21.3 Å². The highest BCUT2D eigenvalue weighted by Gasteiger charge is 2.14. The lowest BCUT2D eigenvalue weighted by atomic mass is 10.0. The largest absolute Gasteiger partial charge is 0.497 e. The summed E-state index contributed by atoms with van der Waals surface area (Å²) < 4.78 is 19.1. The third kappa shape index (κ3) is 4.30.